The minimum Gasteiger partial charge on any atom is -0.409 e. The third-order valence-corrected chi connectivity index (χ3v) is 3.95. The highest BCUT2D eigenvalue weighted by molar-refractivity contribution is 7.98. The van der Waals surface area contributed by atoms with E-state index in [9.17, 15) is 0 Å². The summed E-state index contributed by atoms with van der Waals surface area (Å²) in [6, 6.07) is 7.52. The van der Waals surface area contributed by atoms with E-state index in [1.807, 2.05) is 18.2 Å². The van der Waals surface area contributed by atoms with Gasteiger partial charge in [0.15, 0.2) is 11.5 Å². The molecule has 0 aliphatic carbocycles. The van der Waals surface area contributed by atoms with Crippen LogP contribution in [-0.4, -0.2) is 31.0 Å². The third kappa shape index (κ3) is 2.79. The fourth-order valence-corrected chi connectivity index (χ4v) is 2.78. The maximum atomic E-state index is 8.71. The third-order valence-electron chi connectivity index (χ3n) is 2.89. The van der Waals surface area contributed by atoms with Gasteiger partial charge < -0.3 is 15.9 Å². The van der Waals surface area contributed by atoms with Crippen LogP contribution in [0.1, 0.15) is 11.1 Å². The number of nitrogens with one attached hydrogen (secondary N) is 1. The number of nitrogens with zero attached hydrogens (tertiary/aromatic N) is 4. The van der Waals surface area contributed by atoms with E-state index >= 15 is 0 Å². The van der Waals surface area contributed by atoms with Gasteiger partial charge in [-0.15, -0.1) is 0 Å². The summed E-state index contributed by atoms with van der Waals surface area (Å²) in [5, 5.41) is 12.6. The molecule has 3 rings (SSSR count). The molecule has 0 saturated carbocycles. The lowest BCUT2D eigenvalue weighted by molar-refractivity contribution is 0.318. The first kappa shape index (κ1) is 13.4. The number of aromatic nitrogens is 4. The smallest absolute Gasteiger partial charge is 0.181 e. The van der Waals surface area contributed by atoms with Crippen molar-refractivity contribution in [2.24, 2.45) is 10.9 Å². The zero-order valence-electron chi connectivity index (χ0n) is 10.9. The second kappa shape index (κ2) is 5.80. The molecule has 106 valence electrons. The number of imidazole rings is 1. The number of rotatable bonds is 4. The number of thioether (sulfide) groups is 1. The van der Waals surface area contributed by atoms with Gasteiger partial charge >= 0.3 is 0 Å². The summed E-state index contributed by atoms with van der Waals surface area (Å²) in [7, 11) is 0. The van der Waals surface area contributed by atoms with Crippen LogP contribution in [-0.2, 0) is 5.75 Å². The van der Waals surface area contributed by atoms with Crippen molar-refractivity contribution < 1.29 is 5.21 Å². The first-order valence-corrected chi connectivity index (χ1v) is 7.10. The van der Waals surface area contributed by atoms with Gasteiger partial charge in [0.25, 0.3) is 0 Å². The molecule has 4 N–H and O–H groups in total. The van der Waals surface area contributed by atoms with E-state index in [0.29, 0.717) is 17.0 Å². The Hall–Kier alpha value is -2.61. The van der Waals surface area contributed by atoms with Gasteiger partial charge in [0, 0.05) is 11.3 Å². The van der Waals surface area contributed by atoms with Crippen molar-refractivity contribution in [3.05, 3.63) is 48.0 Å². The summed E-state index contributed by atoms with van der Waals surface area (Å²) >= 11 is 1.57. The molecule has 0 amide bonds. The molecule has 7 nitrogen and oxygen atoms in total. The van der Waals surface area contributed by atoms with Gasteiger partial charge in [-0.25, -0.2) is 15.0 Å². The Morgan fingerprint density at radius 3 is 3.10 bits per heavy atom. The minimum absolute atomic E-state index is 0.0971. The second-order valence-corrected chi connectivity index (χ2v) is 5.22. The molecule has 1 aromatic carbocycles. The standard InChI is InChI=1S/C13H12N6OS/c14-11(19-20)9-3-1-2-8(4-9)5-21-13-10-12(16-6-15-10)17-7-18-13/h1-4,6-7,20H,5H2,(H2,14,19)(H,15,16,17,18). The maximum absolute atomic E-state index is 8.71. The van der Waals surface area contributed by atoms with Crippen molar-refractivity contribution in [2.45, 2.75) is 10.8 Å². The van der Waals surface area contributed by atoms with Crippen molar-refractivity contribution in [3.8, 4) is 0 Å². The molecule has 3 aromatic rings. The van der Waals surface area contributed by atoms with Crippen molar-refractivity contribution in [1.29, 1.82) is 0 Å². The predicted octanol–water partition coefficient (Wildman–Crippen LogP) is 1.74. The number of benzene rings is 1. The largest absolute Gasteiger partial charge is 0.409 e. The Morgan fingerprint density at radius 2 is 2.24 bits per heavy atom. The van der Waals surface area contributed by atoms with Crippen molar-refractivity contribution >= 4 is 28.8 Å². The van der Waals surface area contributed by atoms with Gasteiger partial charge in [0.2, 0.25) is 0 Å². The summed E-state index contributed by atoms with van der Waals surface area (Å²) in [4.78, 5) is 15.5. The molecule has 0 unspecified atom stereocenters. The van der Waals surface area contributed by atoms with Crippen LogP contribution in [0.25, 0.3) is 11.2 Å². The average Bonchev–Trinajstić information content (AvgIpc) is 3.01. The fourth-order valence-electron chi connectivity index (χ4n) is 1.88. The Labute approximate surface area is 124 Å². The summed E-state index contributed by atoms with van der Waals surface area (Å²) in [5.41, 5.74) is 8.81. The van der Waals surface area contributed by atoms with Gasteiger partial charge in [-0.1, -0.05) is 35.1 Å². The zero-order valence-corrected chi connectivity index (χ0v) is 11.7. The van der Waals surface area contributed by atoms with Crippen LogP contribution in [0.2, 0.25) is 0 Å². The average molecular weight is 300 g/mol. The lowest BCUT2D eigenvalue weighted by Crippen LogP contribution is -2.13. The maximum Gasteiger partial charge on any atom is 0.181 e. The van der Waals surface area contributed by atoms with Gasteiger partial charge in [-0.05, 0) is 11.6 Å². The molecule has 0 atom stereocenters. The lowest BCUT2D eigenvalue weighted by atomic mass is 10.1. The van der Waals surface area contributed by atoms with Gasteiger partial charge in [-0.3, -0.25) is 0 Å². The van der Waals surface area contributed by atoms with Crippen molar-refractivity contribution in [1.82, 2.24) is 19.9 Å². The molecule has 0 spiro atoms. The molecule has 2 heterocycles. The van der Waals surface area contributed by atoms with E-state index in [0.717, 1.165) is 16.1 Å². The number of fused-ring (bicyclic) bond motifs is 1. The summed E-state index contributed by atoms with van der Waals surface area (Å²) in [5.74, 6) is 0.803. The first-order chi connectivity index (χ1) is 10.3. The summed E-state index contributed by atoms with van der Waals surface area (Å²) < 4.78 is 0. The van der Waals surface area contributed by atoms with E-state index in [4.69, 9.17) is 10.9 Å². The minimum atomic E-state index is 0.0971. The van der Waals surface area contributed by atoms with Crippen molar-refractivity contribution in [2.75, 3.05) is 0 Å². The van der Waals surface area contributed by atoms with Gasteiger partial charge in [-0.2, -0.15) is 0 Å². The van der Waals surface area contributed by atoms with Gasteiger partial charge in [0.05, 0.1) is 6.33 Å². The predicted molar refractivity (Wildman–Crippen MR) is 80.2 cm³/mol. The highest BCUT2D eigenvalue weighted by Gasteiger charge is 2.07. The zero-order chi connectivity index (χ0) is 14.7. The van der Waals surface area contributed by atoms with E-state index in [2.05, 4.69) is 25.1 Å². The molecule has 0 aliphatic heterocycles. The van der Waals surface area contributed by atoms with Crippen molar-refractivity contribution in [3.63, 3.8) is 0 Å². The lowest BCUT2D eigenvalue weighted by Gasteiger charge is -2.04. The number of oxime groups is 1. The molecular weight excluding hydrogens is 288 g/mol. The van der Waals surface area contributed by atoms with Crippen LogP contribution >= 0.6 is 11.8 Å². The molecule has 8 heteroatoms. The Bertz CT molecular complexity index is 800. The molecule has 21 heavy (non-hydrogen) atoms. The quantitative estimate of drug-likeness (QED) is 0.169. The van der Waals surface area contributed by atoms with Crippen LogP contribution in [0.3, 0.4) is 0 Å². The highest BCUT2D eigenvalue weighted by atomic mass is 32.2. The number of nitrogens with two attached hydrogens (primary N) is 1. The van der Waals surface area contributed by atoms with E-state index in [1.165, 1.54) is 6.33 Å². The van der Waals surface area contributed by atoms with Gasteiger partial charge in [0.1, 0.15) is 16.9 Å². The number of hydrogen-bond acceptors (Lipinski definition) is 6. The van der Waals surface area contributed by atoms with Crippen LogP contribution in [0, 0.1) is 0 Å². The van der Waals surface area contributed by atoms with Crippen LogP contribution in [0.5, 0.6) is 0 Å². The number of aromatic amines is 1. The van der Waals surface area contributed by atoms with E-state index in [1.54, 1.807) is 24.2 Å². The second-order valence-electron chi connectivity index (χ2n) is 4.25. The fraction of sp³-hybridized carbons (Fsp3) is 0.0769. The van der Waals surface area contributed by atoms with E-state index < -0.39 is 0 Å². The van der Waals surface area contributed by atoms with Crippen LogP contribution in [0.4, 0.5) is 0 Å². The monoisotopic (exact) mass is 300 g/mol. The molecular formula is C13H12N6OS. The number of hydrogen-bond donors (Lipinski definition) is 3. The molecule has 0 bridgehead atoms. The van der Waals surface area contributed by atoms with Crippen LogP contribution in [0.15, 0.2) is 47.1 Å². The first-order valence-electron chi connectivity index (χ1n) is 6.11. The molecule has 0 aliphatic rings. The van der Waals surface area contributed by atoms with E-state index in [-0.39, 0.29) is 5.84 Å². The summed E-state index contributed by atoms with van der Waals surface area (Å²) in [6.45, 7) is 0. The SMILES string of the molecule is NC(=NO)c1cccc(CSc2ncnc3nc[nH]c23)c1. The Kier molecular flexibility index (Phi) is 3.69. The molecule has 0 radical (unpaired) electrons. The number of amidine groups is 1. The Balaban J connectivity index is 1.80. The normalized spacial score (nSPS) is 11.9. The highest BCUT2D eigenvalue weighted by Crippen LogP contribution is 2.25. The topological polar surface area (TPSA) is 113 Å². The molecule has 0 saturated heterocycles. The van der Waals surface area contributed by atoms with Crippen LogP contribution < -0.4 is 5.73 Å². The summed E-state index contributed by atoms with van der Waals surface area (Å²) in [6.07, 6.45) is 3.10. The Morgan fingerprint density at radius 1 is 1.33 bits per heavy atom. The molecule has 2 aromatic heterocycles. The molecule has 0 fully saturated rings. The number of H-pyrrole nitrogens is 1.